The Hall–Kier alpha value is -1.03. The molecule has 0 spiro atoms. The molecule has 0 saturated heterocycles. The van der Waals surface area contributed by atoms with Gasteiger partial charge in [-0.25, -0.2) is 4.39 Å². The molecule has 1 nitrogen and oxygen atoms in total. The quantitative estimate of drug-likeness (QED) is 0.849. The summed E-state index contributed by atoms with van der Waals surface area (Å²) in [6.45, 7) is 0.473. The number of hydrogen-bond donors (Lipinski definition) is 1. The van der Waals surface area contributed by atoms with Gasteiger partial charge in [0.2, 0.25) is 0 Å². The topological polar surface area (TPSA) is 26.0 Å². The Morgan fingerprint density at radius 2 is 1.94 bits per heavy atom. The lowest BCUT2D eigenvalue weighted by atomic mass is 10.1. The Morgan fingerprint density at radius 3 is 2.61 bits per heavy atom. The molecule has 2 aromatic rings. The van der Waals surface area contributed by atoms with Crippen LogP contribution in [0.2, 0.25) is 5.02 Å². The maximum Gasteiger partial charge on any atom is 0.136 e. The predicted octanol–water partition coefficient (Wildman–Crippen LogP) is 4.23. The third-order valence-corrected chi connectivity index (χ3v) is 4.02. The molecule has 0 atom stereocenters. The standard InChI is InChI=1S/C14H13ClFNS/c15-12-7-10(8-17)5-6-11(12)9-18-14-4-2-1-3-13(14)16/h1-7H,8-9,17H2. The van der Waals surface area contributed by atoms with Gasteiger partial charge in [-0.1, -0.05) is 35.9 Å². The first-order valence-electron chi connectivity index (χ1n) is 5.55. The molecule has 0 aromatic heterocycles. The van der Waals surface area contributed by atoms with Crippen molar-refractivity contribution >= 4 is 23.4 Å². The molecule has 2 rings (SSSR count). The Bertz CT molecular complexity index is 545. The van der Waals surface area contributed by atoms with Crippen molar-refractivity contribution in [2.45, 2.75) is 17.2 Å². The van der Waals surface area contributed by atoms with Crippen molar-refractivity contribution in [1.29, 1.82) is 0 Å². The zero-order valence-electron chi connectivity index (χ0n) is 9.70. The summed E-state index contributed by atoms with van der Waals surface area (Å²) < 4.78 is 13.4. The first kappa shape index (κ1) is 13.4. The van der Waals surface area contributed by atoms with Crippen LogP contribution in [0.5, 0.6) is 0 Å². The molecule has 2 N–H and O–H groups in total. The highest BCUT2D eigenvalue weighted by Gasteiger charge is 2.05. The van der Waals surface area contributed by atoms with E-state index in [1.807, 2.05) is 24.3 Å². The van der Waals surface area contributed by atoms with E-state index >= 15 is 0 Å². The Labute approximate surface area is 115 Å². The molecule has 0 aliphatic heterocycles. The highest BCUT2D eigenvalue weighted by molar-refractivity contribution is 7.98. The van der Waals surface area contributed by atoms with Gasteiger partial charge in [-0.05, 0) is 29.3 Å². The zero-order chi connectivity index (χ0) is 13.0. The van der Waals surface area contributed by atoms with Crippen molar-refractivity contribution in [3.05, 3.63) is 64.4 Å². The van der Waals surface area contributed by atoms with Crippen molar-refractivity contribution in [3.63, 3.8) is 0 Å². The van der Waals surface area contributed by atoms with Gasteiger partial charge < -0.3 is 5.73 Å². The molecule has 18 heavy (non-hydrogen) atoms. The maximum absolute atomic E-state index is 13.4. The molecule has 0 heterocycles. The number of halogens is 2. The van der Waals surface area contributed by atoms with Crippen molar-refractivity contribution in [1.82, 2.24) is 0 Å². The minimum atomic E-state index is -0.197. The second kappa shape index (κ2) is 6.23. The van der Waals surface area contributed by atoms with Gasteiger partial charge in [0.15, 0.2) is 0 Å². The van der Waals surface area contributed by atoms with Crippen molar-refractivity contribution in [3.8, 4) is 0 Å². The molecule has 0 saturated carbocycles. The van der Waals surface area contributed by atoms with E-state index in [0.29, 0.717) is 22.2 Å². The van der Waals surface area contributed by atoms with E-state index in [4.69, 9.17) is 17.3 Å². The average molecular weight is 282 g/mol. The van der Waals surface area contributed by atoms with E-state index in [2.05, 4.69) is 0 Å². The highest BCUT2D eigenvalue weighted by Crippen LogP contribution is 2.28. The molecule has 4 heteroatoms. The van der Waals surface area contributed by atoms with Crippen LogP contribution in [0.15, 0.2) is 47.4 Å². The number of hydrogen-bond acceptors (Lipinski definition) is 2. The summed E-state index contributed by atoms with van der Waals surface area (Å²) in [5.41, 5.74) is 7.53. The van der Waals surface area contributed by atoms with Crippen LogP contribution < -0.4 is 5.73 Å². The molecular weight excluding hydrogens is 269 g/mol. The fraction of sp³-hybridized carbons (Fsp3) is 0.143. The van der Waals surface area contributed by atoms with Gasteiger partial charge in [0, 0.05) is 22.2 Å². The molecule has 0 unspecified atom stereocenters. The molecule has 0 aliphatic carbocycles. The van der Waals surface area contributed by atoms with Crippen LogP contribution in [0.25, 0.3) is 0 Å². The first-order chi connectivity index (χ1) is 8.70. The monoisotopic (exact) mass is 281 g/mol. The van der Waals surface area contributed by atoms with Crippen molar-refractivity contribution in [2.75, 3.05) is 0 Å². The third kappa shape index (κ3) is 3.25. The lowest BCUT2D eigenvalue weighted by Crippen LogP contribution is -1.96. The number of thioether (sulfide) groups is 1. The van der Waals surface area contributed by atoms with E-state index in [1.54, 1.807) is 12.1 Å². The van der Waals surface area contributed by atoms with Crippen LogP contribution in [0.4, 0.5) is 4.39 Å². The van der Waals surface area contributed by atoms with Gasteiger partial charge in [-0.2, -0.15) is 0 Å². The fourth-order valence-electron chi connectivity index (χ4n) is 1.55. The van der Waals surface area contributed by atoms with Crippen LogP contribution in [0, 0.1) is 5.82 Å². The molecule has 94 valence electrons. The van der Waals surface area contributed by atoms with Crippen molar-refractivity contribution < 1.29 is 4.39 Å². The zero-order valence-corrected chi connectivity index (χ0v) is 11.3. The summed E-state index contributed by atoms with van der Waals surface area (Å²) in [5.74, 6) is 0.446. The summed E-state index contributed by atoms with van der Waals surface area (Å²) in [7, 11) is 0. The van der Waals surface area contributed by atoms with E-state index in [-0.39, 0.29) is 5.82 Å². The van der Waals surface area contributed by atoms with E-state index in [9.17, 15) is 4.39 Å². The summed E-state index contributed by atoms with van der Waals surface area (Å²) in [4.78, 5) is 0.636. The van der Waals surface area contributed by atoms with E-state index in [0.717, 1.165) is 11.1 Å². The summed E-state index contributed by atoms with van der Waals surface area (Å²) in [6.07, 6.45) is 0. The van der Waals surface area contributed by atoms with Gasteiger partial charge in [0.05, 0.1) is 0 Å². The van der Waals surface area contributed by atoms with E-state index in [1.165, 1.54) is 17.8 Å². The molecule has 2 aromatic carbocycles. The average Bonchev–Trinajstić information content (AvgIpc) is 2.39. The Balaban J connectivity index is 2.09. The van der Waals surface area contributed by atoms with Crippen molar-refractivity contribution in [2.24, 2.45) is 5.73 Å². The normalized spacial score (nSPS) is 10.6. The minimum absolute atomic E-state index is 0.197. The summed E-state index contributed by atoms with van der Waals surface area (Å²) >= 11 is 7.59. The molecule has 0 fully saturated rings. The summed E-state index contributed by atoms with van der Waals surface area (Å²) in [5, 5.41) is 0.682. The number of benzene rings is 2. The molecule has 0 amide bonds. The van der Waals surface area contributed by atoms with Gasteiger partial charge in [-0.15, -0.1) is 11.8 Å². The number of nitrogens with two attached hydrogens (primary N) is 1. The smallest absolute Gasteiger partial charge is 0.136 e. The van der Waals surface area contributed by atoms with E-state index < -0.39 is 0 Å². The molecule has 0 bridgehead atoms. The van der Waals surface area contributed by atoms with Crippen LogP contribution in [-0.4, -0.2) is 0 Å². The lowest BCUT2D eigenvalue weighted by molar-refractivity contribution is 0.602. The van der Waals surface area contributed by atoms with Gasteiger partial charge >= 0.3 is 0 Å². The van der Waals surface area contributed by atoms with Crippen LogP contribution in [0.1, 0.15) is 11.1 Å². The maximum atomic E-state index is 13.4. The Morgan fingerprint density at radius 1 is 1.17 bits per heavy atom. The number of rotatable bonds is 4. The lowest BCUT2D eigenvalue weighted by Gasteiger charge is -2.06. The van der Waals surface area contributed by atoms with Gasteiger partial charge in [0.1, 0.15) is 5.82 Å². The second-order valence-corrected chi connectivity index (χ2v) is 5.27. The van der Waals surface area contributed by atoms with Crippen LogP contribution in [0.3, 0.4) is 0 Å². The Kier molecular flexibility index (Phi) is 4.64. The SMILES string of the molecule is NCc1ccc(CSc2ccccc2F)c(Cl)c1. The first-order valence-corrected chi connectivity index (χ1v) is 6.92. The molecule has 0 radical (unpaired) electrons. The molecular formula is C14H13ClFNS. The van der Waals surface area contributed by atoms with Gasteiger partial charge in [-0.3, -0.25) is 0 Å². The highest BCUT2D eigenvalue weighted by atomic mass is 35.5. The minimum Gasteiger partial charge on any atom is -0.326 e. The second-order valence-electron chi connectivity index (χ2n) is 3.85. The largest absolute Gasteiger partial charge is 0.326 e. The fourth-order valence-corrected chi connectivity index (χ4v) is 2.84. The van der Waals surface area contributed by atoms with Crippen LogP contribution in [-0.2, 0) is 12.3 Å². The summed E-state index contributed by atoms with van der Waals surface area (Å²) in [6, 6.07) is 12.5. The predicted molar refractivity (Wildman–Crippen MR) is 75.3 cm³/mol. The van der Waals surface area contributed by atoms with Gasteiger partial charge in [0.25, 0.3) is 0 Å². The third-order valence-electron chi connectivity index (χ3n) is 2.57. The van der Waals surface area contributed by atoms with Crippen LogP contribution >= 0.6 is 23.4 Å². The molecule has 0 aliphatic rings.